The highest BCUT2D eigenvalue weighted by Gasteiger charge is 2.60. The number of hydrogen-bond donors (Lipinski definition) is 0. The highest BCUT2D eigenvalue weighted by atomic mass is 29.8. The predicted molar refractivity (Wildman–Crippen MR) is 141 cm³/mol. The van der Waals surface area contributed by atoms with Gasteiger partial charge in [0.25, 0.3) is 0 Å². The first-order valence-corrected chi connectivity index (χ1v) is 25.3. The summed E-state index contributed by atoms with van der Waals surface area (Å²) in [5.41, 5.74) is 2.71. The van der Waals surface area contributed by atoms with Crippen LogP contribution in [-0.4, -0.2) is 29.4 Å². The first-order valence-electron chi connectivity index (χ1n) is 10.3. The van der Waals surface area contributed by atoms with E-state index < -0.39 is 29.4 Å². The molecule has 0 spiro atoms. The van der Waals surface area contributed by atoms with E-state index in [4.69, 9.17) is 0 Å². The Morgan fingerprint density at radius 1 is 0.500 bits per heavy atom. The summed E-state index contributed by atoms with van der Waals surface area (Å²) in [6, 6.07) is 21.8. The van der Waals surface area contributed by atoms with E-state index in [-0.39, 0.29) is 0 Å². The zero-order valence-electron chi connectivity index (χ0n) is 19.2. The second kappa shape index (κ2) is 7.90. The quantitative estimate of drug-likeness (QED) is 0.391. The van der Waals surface area contributed by atoms with Gasteiger partial charge in [0, 0.05) is 14.2 Å². The van der Waals surface area contributed by atoms with Crippen LogP contribution in [0.4, 0.5) is 0 Å². The zero-order valence-corrected chi connectivity index (χ0v) is 23.2. The molecular weight excluding hydrogens is 401 g/mol. The minimum atomic E-state index is -1.67. The molecule has 0 bridgehead atoms. The van der Waals surface area contributed by atoms with Crippen LogP contribution in [0.1, 0.15) is 11.1 Å². The molecule has 0 saturated heterocycles. The van der Waals surface area contributed by atoms with Crippen molar-refractivity contribution in [2.45, 2.75) is 52.4 Å². The van der Waals surface area contributed by atoms with Gasteiger partial charge in [-0.1, -0.05) is 137 Å². The second-order valence-corrected chi connectivity index (χ2v) is 49.9. The molecular formula is C24H38Si4. The van der Waals surface area contributed by atoms with Crippen LogP contribution in [-0.2, 0) is 0 Å². The van der Waals surface area contributed by atoms with Crippen LogP contribution in [0.15, 0.2) is 73.8 Å². The summed E-state index contributed by atoms with van der Waals surface area (Å²) in [4.78, 5) is 0. The van der Waals surface area contributed by atoms with Crippen molar-refractivity contribution >= 4 is 39.8 Å². The van der Waals surface area contributed by atoms with Gasteiger partial charge in [-0.25, -0.2) is 0 Å². The third kappa shape index (κ3) is 3.67. The van der Waals surface area contributed by atoms with Crippen LogP contribution in [0.5, 0.6) is 0 Å². The van der Waals surface area contributed by atoms with Gasteiger partial charge in [-0.05, 0) is 11.1 Å². The van der Waals surface area contributed by atoms with Crippen molar-refractivity contribution in [1.82, 2.24) is 0 Å². The summed E-state index contributed by atoms with van der Waals surface area (Å²) >= 11 is 0. The molecule has 0 amide bonds. The minimum absolute atomic E-state index is 1.35. The Bertz CT molecular complexity index is 773. The van der Waals surface area contributed by atoms with Crippen molar-refractivity contribution in [2.75, 3.05) is 0 Å². The number of benzene rings is 2. The molecule has 0 atom stereocenters. The first-order chi connectivity index (χ1) is 12.8. The average Bonchev–Trinajstić information content (AvgIpc) is 2.67. The molecule has 0 nitrogen and oxygen atoms in total. The van der Waals surface area contributed by atoms with Gasteiger partial charge < -0.3 is 0 Å². The largest absolute Gasteiger partial charge is 0.0995 e. The van der Waals surface area contributed by atoms with Gasteiger partial charge >= 0.3 is 0 Å². The molecule has 2 aromatic carbocycles. The lowest BCUT2D eigenvalue weighted by molar-refractivity contribution is 1.63. The smallest absolute Gasteiger partial charge is 0.0711 e. The standard InChI is InChI=1S/C24H38Si4/c1-21(23-17-13-11-14-18-23)25(3,4)27(7,8)28(9,10)26(5,6)22(2)24-19-15-12-16-20-24/h11-20H,1-2H2,3-10H3. The van der Waals surface area contributed by atoms with Crippen molar-refractivity contribution in [1.29, 1.82) is 0 Å². The van der Waals surface area contributed by atoms with Crippen molar-refractivity contribution in [3.63, 3.8) is 0 Å². The summed E-state index contributed by atoms with van der Waals surface area (Å²) in [6.45, 7) is 30.5. The van der Waals surface area contributed by atoms with Crippen LogP contribution in [0.3, 0.4) is 0 Å². The molecule has 2 rings (SSSR count). The van der Waals surface area contributed by atoms with Crippen LogP contribution < -0.4 is 0 Å². The molecule has 0 fully saturated rings. The van der Waals surface area contributed by atoms with E-state index in [9.17, 15) is 0 Å². The van der Waals surface area contributed by atoms with Crippen LogP contribution in [0.25, 0.3) is 10.4 Å². The molecule has 0 heterocycles. The molecule has 0 aliphatic heterocycles. The van der Waals surface area contributed by atoms with Gasteiger partial charge in [-0.3, -0.25) is 0 Å². The van der Waals surface area contributed by atoms with Crippen LogP contribution >= 0.6 is 0 Å². The highest BCUT2D eigenvalue weighted by Crippen LogP contribution is 2.43. The van der Waals surface area contributed by atoms with Gasteiger partial charge in [0.2, 0.25) is 0 Å². The lowest BCUT2D eigenvalue weighted by atomic mass is 10.2. The van der Waals surface area contributed by atoms with Crippen molar-refractivity contribution in [2.24, 2.45) is 0 Å². The Hall–Kier alpha value is -1.21. The van der Waals surface area contributed by atoms with Crippen molar-refractivity contribution in [3.8, 4) is 0 Å². The second-order valence-electron chi connectivity index (χ2n) is 10.2. The summed E-state index contributed by atoms with van der Waals surface area (Å²) in [6.07, 6.45) is 0. The summed E-state index contributed by atoms with van der Waals surface area (Å²) in [7, 11) is -6.45. The van der Waals surface area contributed by atoms with E-state index in [2.05, 4.69) is 126 Å². The third-order valence-corrected chi connectivity index (χ3v) is 76.1. The van der Waals surface area contributed by atoms with Gasteiger partial charge in [0.15, 0.2) is 0 Å². The van der Waals surface area contributed by atoms with Crippen LogP contribution in [0, 0.1) is 0 Å². The SMILES string of the molecule is C=C(c1ccccc1)[Si](C)(C)[Si](C)(C)[Si](C)(C)[Si](C)(C)C(=C)c1ccccc1. The summed E-state index contributed by atoms with van der Waals surface area (Å²) in [5, 5.41) is 2.89. The maximum atomic E-state index is 4.67. The molecule has 0 N–H and O–H groups in total. The normalized spacial score (nSPS) is 13.3. The Labute approximate surface area is 176 Å². The molecule has 0 aliphatic rings. The van der Waals surface area contributed by atoms with E-state index in [1.54, 1.807) is 0 Å². The molecule has 150 valence electrons. The lowest BCUT2D eigenvalue weighted by Gasteiger charge is -2.56. The molecule has 0 radical (unpaired) electrons. The molecule has 0 aromatic heterocycles. The minimum Gasteiger partial charge on any atom is -0.0995 e. The maximum Gasteiger partial charge on any atom is 0.0711 e. The molecule has 2 aromatic rings. The maximum absolute atomic E-state index is 4.67. The van der Waals surface area contributed by atoms with E-state index in [0.717, 1.165) is 0 Å². The lowest BCUT2D eigenvalue weighted by Crippen LogP contribution is -2.79. The Kier molecular flexibility index (Phi) is 6.51. The van der Waals surface area contributed by atoms with Crippen LogP contribution in [0.2, 0.25) is 52.4 Å². The van der Waals surface area contributed by atoms with E-state index in [1.807, 2.05) is 0 Å². The predicted octanol–water partition coefficient (Wildman–Crippen LogP) is 7.56. The van der Waals surface area contributed by atoms with Gasteiger partial charge in [-0.2, -0.15) is 0 Å². The topological polar surface area (TPSA) is 0 Å². The van der Waals surface area contributed by atoms with E-state index in [1.165, 1.54) is 21.5 Å². The fraction of sp³-hybridized carbons (Fsp3) is 0.333. The Morgan fingerprint density at radius 3 is 1.00 bits per heavy atom. The van der Waals surface area contributed by atoms with Crippen molar-refractivity contribution < 1.29 is 0 Å². The summed E-state index contributed by atoms with van der Waals surface area (Å²) in [5.74, 6) is 0. The van der Waals surface area contributed by atoms with Gasteiger partial charge in [-0.15, -0.1) is 0 Å². The van der Waals surface area contributed by atoms with E-state index in [0.29, 0.717) is 0 Å². The zero-order chi connectivity index (χ0) is 21.4. The van der Waals surface area contributed by atoms with Crippen molar-refractivity contribution in [3.05, 3.63) is 84.9 Å². The highest BCUT2D eigenvalue weighted by molar-refractivity contribution is 7.86. The fourth-order valence-electron chi connectivity index (χ4n) is 4.32. The molecule has 28 heavy (non-hydrogen) atoms. The molecule has 0 saturated carbocycles. The summed E-state index contributed by atoms with van der Waals surface area (Å²) < 4.78 is 0. The number of rotatable bonds is 7. The molecule has 0 aliphatic carbocycles. The molecule has 4 heteroatoms. The Morgan fingerprint density at radius 2 is 0.750 bits per heavy atom. The monoisotopic (exact) mass is 438 g/mol. The Balaban J connectivity index is 2.49. The third-order valence-electron chi connectivity index (χ3n) is 8.44. The first kappa shape index (κ1) is 23.1. The van der Waals surface area contributed by atoms with Gasteiger partial charge in [0.05, 0.1) is 15.2 Å². The van der Waals surface area contributed by atoms with Gasteiger partial charge in [0.1, 0.15) is 0 Å². The molecule has 0 unspecified atom stereocenters. The fourth-order valence-corrected chi connectivity index (χ4v) is 73.2. The number of hydrogen-bond acceptors (Lipinski definition) is 0. The average molecular weight is 439 g/mol. The van der Waals surface area contributed by atoms with E-state index >= 15 is 0 Å².